The van der Waals surface area contributed by atoms with E-state index in [4.69, 9.17) is 27.8 Å². The summed E-state index contributed by atoms with van der Waals surface area (Å²) >= 11 is 6.01. The zero-order valence-electron chi connectivity index (χ0n) is 13.5. The Labute approximate surface area is 156 Å². The van der Waals surface area contributed by atoms with E-state index in [0.29, 0.717) is 16.7 Å². The molecule has 1 aromatic heterocycles. The number of non-ortho nitro benzene ring substituents is 1. The molecule has 0 aliphatic carbocycles. The number of nitro groups is 1. The molecule has 3 rings (SSSR count). The van der Waals surface area contributed by atoms with Crippen LogP contribution in [0.15, 0.2) is 36.4 Å². The number of carbonyl (C=O) groups excluding carboxylic acids is 2. The number of carbonyl (C=O) groups is 2. The van der Waals surface area contributed by atoms with Gasteiger partial charge in [-0.2, -0.15) is 0 Å². The number of hydrogen-bond acceptors (Lipinski definition) is 5. The fraction of sp³-hybridized carbons (Fsp3) is 0. The summed E-state index contributed by atoms with van der Waals surface area (Å²) in [4.78, 5) is 35.8. The van der Waals surface area contributed by atoms with Crippen LogP contribution in [0.4, 0.5) is 16.3 Å². The first-order valence-corrected chi connectivity index (χ1v) is 7.78. The van der Waals surface area contributed by atoms with Crippen LogP contribution in [0.1, 0.15) is 10.4 Å². The van der Waals surface area contributed by atoms with Crippen LogP contribution in [-0.2, 0) is 0 Å². The lowest BCUT2D eigenvalue weighted by atomic mass is 10.1. The lowest BCUT2D eigenvalue weighted by Gasteiger charge is -2.07. The normalized spacial score (nSPS) is 10.6. The quantitative estimate of drug-likeness (QED) is 0.388. The predicted molar refractivity (Wildman–Crippen MR) is 98.2 cm³/mol. The number of fused-ring (bicyclic) bond motifs is 1. The maximum Gasteiger partial charge on any atom is 0.317 e. The van der Waals surface area contributed by atoms with Crippen molar-refractivity contribution in [1.29, 1.82) is 0 Å². The Morgan fingerprint density at radius 1 is 1.19 bits per heavy atom. The summed E-state index contributed by atoms with van der Waals surface area (Å²) in [6, 6.07) is 7.60. The summed E-state index contributed by atoms with van der Waals surface area (Å²) < 4.78 is 5.64. The van der Waals surface area contributed by atoms with Gasteiger partial charge in [0.2, 0.25) is 0 Å². The van der Waals surface area contributed by atoms with Gasteiger partial charge in [0.05, 0.1) is 21.0 Å². The van der Waals surface area contributed by atoms with Crippen molar-refractivity contribution in [3.05, 3.63) is 57.1 Å². The highest BCUT2D eigenvalue weighted by molar-refractivity contribution is 6.32. The Balaban J connectivity index is 1.98. The Morgan fingerprint density at radius 3 is 2.52 bits per heavy atom. The zero-order valence-corrected chi connectivity index (χ0v) is 14.2. The maximum atomic E-state index is 11.7. The van der Waals surface area contributed by atoms with Gasteiger partial charge in [-0.15, -0.1) is 0 Å². The van der Waals surface area contributed by atoms with Crippen LogP contribution in [0.25, 0.3) is 10.9 Å². The van der Waals surface area contributed by atoms with Gasteiger partial charge in [0, 0.05) is 23.6 Å². The van der Waals surface area contributed by atoms with Crippen molar-refractivity contribution >= 4 is 45.9 Å². The van der Waals surface area contributed by atoms with Gasteiger partial charge in [0.25, 0.3) is 11.6 Å². The van der Waals surface area contributed by atoms with Gasteiger partial charge in [-0.05, 0) is 18.2 Å². The van der Waals surface area contributed by atoms with Crippen molar-refractivity contribution in [3.63, 3.8) is 0 Å². The number of benzene rings is 2. The van der Waals surface area contributed by atoms with Crippen LogP contribution in [0, 0.1) is 10.1 Å². The zero-order chi connectivity index (χ0) is 19.7. The average Bonchev–Trinajstić information content (AvgIpc) is 2.92. The number of halogens is 1. The second-order valence-electron chi connectivity index (χ2n) is 5.41. The number of nitrogens with one attached hydrogen (secondary N) is 2. The molecule has 3 amide bonds. The van der Waals surface area contributed by atoms with Crippen molar-refractivity contribution in [2.75, 3.05) is 5.32 Å². The third-order valence-electron chi connectivity index (χ3n) is 3.62. The Morgan fingerprint density at radius 2 is 1.93 bits per heavy atom. The largest absolute Gasteiger partial charge is 0.456 e. The molecule has 1 heterocycles. The fourth-order valence-corrected chi connectivity index (χ4v) is 2.74. The number of urea groups is 1. The number of aromatic nitrogens is 1. The number of aromatic amines is 1. The number of H-pyrrole nitrogens is 1. The van der Waals surface area contributed by atoms with E-state index in [0.717, 1.165) is 0 Å². The van der Waals surface area contributed by atoms with Gasteiger partial charge in [-0.1, -0.05) is 11.6 Å². The van der Waals surface area contributed by atoms with E-state index in [9.17, 15) is 19.7 Å². The molecule has 0 atom stereocenters. The second kappa shape index (κ2) is 6.84. The van der Waals surface area contributed by atoms with Crippen LogP contribution in [0.5, 0.6) is 11.5 Å². The highest BCUT2D eigenvalue weighted by Crippen LogP contribution is 2.35. The Hall–Kier alpha value is -3.79. The second-order valence-corrected chi connectivity index (χ2v) is 5.82. The topological polar surface area (TPSA) is 166 Å². The van der Waals surface area contributed by atoms with Gasteiger partial charge in [0.1, 0.15) is 17.3 Å². The number of rotatable bonds is 5. The van der Waals surface area contributed by atoms with Gasteiger partial charge in [0.15, 0.2) is 0 Å². The molecule has 0 aliphatic heterocycles. The van der Waals surface area contributed by atoms with E-state index in [2.05, 4.69) is 10.3 Å². The van der Waals surface area contributed by atoms with Gasteiger partial charge < -0.3 is 21.2 Å². The number of nitrogens with zero attached hydrogens (tertiary/aromatic N) is 1. The minimum Gasteiger partial charge on any atom is -0.456 e. The predicted octanol–water partition coefficient (Wildman–Crippen LogP) is 3.11. The standard InChI is InChI=1S/C16H12ClN5O5/c17-10-5-7(22(25)26)1-4-12(10)27-8-2-3-9-11(6-8)20-15(21-16(19)24)13(9)14(18)23/h1-6,20H,(H2,18,23)(H3,19,21,24). The molecule has 6 N–H and O–H groups in total. The van der Waals surface area contributed by atoms with Crippen LogP contribution in [0.3, 0.4) is 0 Å². The molecule has 0 aliphatic rings. The van der Waals surface area contributed by atoms with Gasteiger partial charge in [-0.25, -0.2) is 4.79 Å². The molecule has 0 spiro atoms. The minimum atomic E-state index is -0.863. The highest BCUT2D eigenvalue weighted by atomic mass is 35.5. The summed E-state index contributed by atoms with van der Waals surface area (Å²) in [7, 11) is 0. The van der Waals surface area contributed by atoms with Crippen LogP contribution < -0.4 is 21.5 Å². The molecule has 0 unspecified atom stereocenters. The van der Waals surface area contributed by atoms with Crippen molar-refractivity contribution in [1.82, 2.24) is 4.98 Å². The maximum absolute atomic E-state index is 11.7. The Kier molecular flexibility index (Phi) is 4.57. The molecule has 3 aromatic rings. The van der Waals surface area contributed by atoms with Crippen molar-refractivity contribution in [2.24, 2.45) is 11.5 Å². The van der Waals surface area contributed by atoms with E-state index in [1.807, 2.05) is 0 Å². The van der Waals surface area contributed by atoms with E-state index in [1.165, 1.54) is 18.2 Å². The molecular weight excluding hydrogens is 378 g/mol. The molecule has 2 aromatic carbocycles. The monoisotopic (exact) mass is 389 g/mol. The van der Waals surface area contributed by atoms with Crippen LogP contribution in [-0.4, -0.2) is 21.8 Å². The third kappa shape index (κ3) is 3.60. The van der Waals surface area contributed by atoms with E-state index < -0.39 is 16.9 Å². The number of hydrogen-bond donors (Lipinski definition) is 4. The third-order valence-corrected chi connectivity index (χ3v) is 3.91. The van der Waals surface area contributed by atoms with E-state index in [-0.39, 0.29) is 27.8 Å². The average molecular weight is 390 g/mol. The summed E-state index contributed by atoms with van der Waals surface area (Å²) in [5.74, 6) is -0.146. The first-order chi connectivity index (χ1) is 12.8. The van der Waals surface area contributed by atoms with Crippen molar-refractivity contribution in [3.8, 4) is 11.5 Å². The van der Waals surface area contributed by atoms with Crippen molar-refractivity contribution < 1.29 is 19.2 Å². The number of ether oxygens (including phenoxy) is 1. The van der Waals surface area contributed by atoms with Crippen LogP contribution in [0.2, 0.25) is 5.02 Å². The highest BCUT2D eigenvalue weighted by Gasteiger charge is 2.18. The molecule has 0 bridgehead atoms. The molecule has 11 heteroatoms. The first kappa shape index (κ1) is 18.0. The molecule has 27 heavy (non-hydrogen) atoms. The Bertz CT molecular complexity index is 1090. The molecule has 0 fully saturated rings. The summed E-state index contributed by atoms with van der Waals surface area (Å²) in [5, 5.41) is 13.6. The molecule has 0 radical (unpaired) electrons. The van der Waals surface area contributed by atoms with Gasteiger partial charge in [-0.3, -0.25) is 20.2 Å². The lowest BCUT2D eigenvalue weighted by Crippen LogP contribution is -2.22. The number of anilines is 1. The number of nitrogens with two attached hydrogens (primary N) is 2. The molecule has 0 saturated heterocycles. The smallest absolute Gasteiger partial charge is 0.317 e. The summed E-state index contributed by atoms with van der Waals surface area (Å²) in [6.07, 6.45) is 0. The first-order valence-electron chi connectivity index (χ1n) is 7.40. The number of primary amides is 2. The summed E-state index contributed by atoms with van der Waals surface area (Å²) in [5.41, 5.74) is 10.8. The number of nitro benzene ring substituents is 1. The molecule has 138 valence electrons. The fourth-order valence-electron chi connectivity index (χ4n) is 2.53. The number of amides is 3. The van der Waals surface area contributed by atoms with Crippen LogP contribution >= 0.6 is 11.6 Å². The molecule has 0 saturated carbocycles. The van der Waals surface area contributed by atoms with E-state index in [1.54, 1.807) is 18.2 Å². The van der Waals surface area contributed by atoms with Gasteiger partial charge >= 0.3 is 6.03 Å². The van der Waals surface area contributed by atoms with Crippen molar-refractivity contribution in [2.45, 2.75) is 0 Å². The summed E-state index contributed by atoms with van der Waals surface area (Å²) in [6.45, 7) is 0. The molecular formula is C16H12ClN5O5. The lowest BCUT2D eigenvalue weighted by molar-refractivity contribution is -0.384. The SMILES string of the molecule is NC(=O)Nc1[nH]c2cc(Oc3ccc([N+](=O)[O-])cc3Cl)ccc2c1C(N)=O. The molecule has 10 nitrogen and oxygen atoms in total. The van der Waals surface area contributed by atoms with E-state index >= 15 is 0 Å². The minimum absolute atomic E-state index is 0.0599.